The molecule has 8 heteroatoms. The van der Waals surface area contributed by atoms with Gasteiger partial charge in [0.15, 0.2) is 21.8 Å². The van der Waals surface area contributed by atoms with E-state index in [0.29, 0.717) is 49.0 Å². The van der Waals surface area contributed by atoms with E-state index in [9.17, 15) is 0 Å². The quantitative estimate of drug-likeness (QED) is 0.684. The van der Waals surface area contributed by atoms with Crippen molar-refractivity contribution in [1.82, 2.24) is 9.97 Å². The van der Waals surface area contributed by atoms with E-state index in [1.54, 1.807) is 26.4 Å². The lowest BCUT2D eigenvalue weighted by Gasteiger charge is -2.13. The normalized spacial score (nSPS) is 10.9. The van der Waals surface area contributed by atoms with Gasteiger partial charge in [-0.15, -0.1) is 0 Å². The molecule has 6 nitrogen and oxygen atoms in total. The van der Waals surface area contributed by atoms with Crippen molar-refractivity contribution in [3.05, 3.63) is 22.4 Å². The maximum absolute atomic E-state index is 5.89. The second kappa shape index (κ2) is 8.33. The van der Waals surface area contributed by atoms with E-state index < -0.39 is 0 Å². The molecule has 0 saturated carbocycles. The minimum Gasteiger partial charge on any atom is -0.487 e. The van der Waals surface area contributed by atoms with Gasteiger partial charge in [-0.3, -0.25) is 0 Å². The van der Waals surface area contributed by atoms with Gasteiger partial charge in [-0.2, -0.15) is 0 Å². The molecule has 0 aliphatic rings. The van der Waals surface area contributed by atoms with Gasteiger partial charge < -0.3 is 18.9 Å². The number of nitrogens with zero attached hydrogens (tertiary/aromatic N) is 2. The predicted molar refractivity (Wildman–Crippen MR) is 84.3 cm³/mol. The van der Waals surface area contributed by atoms with Crippen molar-refractivity contribution < 1.29 is 18.9 Å². The number of hydrogen-bond donors (Lipinski definition) is 0. The van der Waals surface area contributed by atoms with Gasteiger partial charge in [0.2, 0.25) is 0 Å². The van der Waals surface area contributed by atoms with E-state index in [-0.39, 0.29) is 10.3 Å². The van der Waals surface area contributed by atoms with Crippen molar-refractivity contribution >= 4 is 34.2 Å². The smallest absolute Gasteiger partial charge is 0.167 e. The lowest BCUT2D eigenvalue weighted by atomic mass is 10.2. The first-order valence-electron chi connectivity index (χ1n) is 6.56. The Hall–Kier alpha value is -1.34. The van der Waals surface area contributed by atoms with Crippen molar-refractivity contribution in [2.24, 2.45) is 0 Å². The zero-order chi connectivity index (χ0) is 15.9. The van der Waals surface area contributed by atoms with Crippen molar-refractivity contribution in [3.63, 3.8) is 0 Å². The molecule has 22 heavy (non-hydrogen) atoms. The van der Waals surface area contributed by atoms with Gasteiger partial charge in [-0.05, 0) is 0 Å². The van der Waals surface area contributed by atoms with E-state index >= 15 is 0 Å². The molecule has 0 fully saturated rings. The van der Waals surface area contributed by atoms with Crippen molar-refractivity contribution in [3.8, 4) is 11.5 Å². The van der Waals surface area contributed by atoms with Crippen LogP contribution in [0, 0.1) is 0 Å². The molecule has 0 aliphatic heterocycles. The van der Waals surface area contributed by atoms with E-state index in [2.05, 4.69) is 9.97 Å². The number of aromatic nitrogens is 2. The van der Waals surface area contributed by atoms with E-state index in [0.717, 1.165) is 0 Å². The van der Waals surface area contributed by atoms with Gasteiger partial charge in [-0.1, -0.05) is 23.2 Å². The molecule has 0 amide bonds. The summed E-state index contributed by atoms with van der Waals surface area (Å²) in [6, 6.07) is 3.42. The minimum atomic E-state index is 0.144. The van der Waals surface area contributed by atoms with Crippen LogP contribution in [0.15, 0.2) is 12.1 Å². The van der Waals surface area contributed by atoms with Crippen LogP contribution in [0.25, 0.3) is 11.0 Å². The Morgan fingerprint density at radius 2 is 1.18 bits per heavy atom. The first-order valence-corrected chi connectivity index (χ1v) is 7.31. The van der Waals surface area contributed by atoms with Crippen LogP contribution < -0.4 is 9.47 Å². The molecule has 1 heterocycles. The van der Waals surface area contributed by atoms with Crippen LogP contribution >= 0.6 is 23.2 Å². The fourth-order valence-electron chi connectivity index (χ4n) is 1.72. The number of halogens is 2. The summed E-state index contributed by atoms with van der Waals surface area (Å²) in [4.78, 5) is 8.36. The zero-order valence-electron chi connectivity index (χ0n) is 12.3. The highest BCUT2D eigenvalue weighted by Gasteiger charge is 2.12. The highest BCUT2D eigenvalue weighted by molar-refractivity contribution is 6.40. The number of rotatable bonds is 8. The Balaban J connectivity index is 2.33. The van der Waals surface area contributed by atoms with Crippen LogP contribution in [0.4, 0.5) is 0 Å². The third-order valence-electron chi connectivity index (χ3n) is 2.74. The van der Waals surface area contributed by atoms with E-state index in [4.69, 9.17) is 42.1 Å². The summed E-state index contributed by atoms with van der Waals surface area (Å²) in [6.45, 7) is 1.69. The van der Waals surface area contributed by atoms with E-state index in [1.165, 1.54) is 0 Å². The van der Waals surface area contributed by atoms with Crippen LogP contribution in [0.5, 0.6) is 11.5 Å². The van der Waals surface area contributed by atoms with Crippen LogP contribution in [0.3, 0.4) is 0 Å². The van der Waals surface area contributed by atoms with Crippen molar-refractivity contribution in [2.75, 3.05) is 40.6 Å². The largest absolute Gasteiger partial charge is 0.487 e. The van der Waals surface area contributed by atoms with Crippen LogP contribution in [0.1, 0.15) is 0 Å². The average molecular weight is 347 g/mol. The molecule has 120 valence electrons. The maximum Gasteiger partial charge on any atom is 0.167 e. The van der Waals surface area contributed by atoms with Crippen molar-refractivity contribution in [1.29, 1.82) is 0 Å². The number of ether oxygens (including phenoxy) is 4. The summed E-state index contributed by atoms with van der Waals surface area (Å²) < 4.78 is 21.2. The second-order valence-electron chi connectivity index (χ2n) is 4.28. The molecule has 0 radical (unpaired) electrons. The summed E-state index contributed by atoms with van der Waals surface area (Å²) in [7, 11) is 3.21. The molecule has 1 aromatic carbocycles. The predicted octanol–water partition coefficient (Wildman–Crippen LogP) is 2.99. The zero-order valence-corrected chi connectivity index (χ0v) is 13.8. The number of hydrogen-bond acceptors (Lipinski definition) is 6. The first-order chi connectivity index (χ1) is 10.7. The summed E-state index contributed by atoms with van der Waals surface area (Å²) in [6.07, 6.45) is 0. The monoisotopic (exact) mass is 346 g/mol. The van der Waals surface area contributed by atoms with Crippen LogP contribution in [-0.2, 0) is 9.47 Å². The SMILES string of the molecule is COCCOc1cc2nc(Cl)c(Cl)nc2cc1OCCOC. The summed E-state index contributed by atoms with van der Waals surface area (Å²) in [5.41, 5.74) is 1.14. The second-order valence-corrected chi connectivity index (χ2v) is 4.99. The Kier molecular flexibility index (Phi) is 6.45. The lowest BCUT2D eigenvalue weighted by Crippen LogP contribution is -2.08. The Morgan fingerprint density at radius 1 is 0.773 bits per heavy atom. The molecule has 1 aromatic heterocycles. The first kappa shape index (κ1) is 17.0. The summed E-state index contributed by atoms with van der Waals surface area (Å²) >= 11 is 11.8. The van der Waals surface area contributed by atoms with E-state index in [1.807, 2.05) is 0 Å². The molecule has 0 spiro atoms. The number of fused-ring (bicyclic) bond motifs is 1. The molecule has 2 rings (SSSR count). The van der Waals surface area contributed by atoms with Crippen LogP contribution in [-0.4, -0.2) is 50.6 Å². The highest BCUT2D eigenvalue weighted by atomic mass is 35.5. The average Bonchev–Trinajstić information content (AvgIpc) is 2.50. The summed E-state index contributed by atoms with van der Waals surface area (Å²) in [5, 5.41) is 0.287. The molecular formula is C14H16Cl2N2O4. The van der Waals surface area contributed by atoms with Gasteiger partial charge in [0.05, 0.1) is 24.2 Å². The number of methoxy groups -OCH3 is 2. The van der Waals surface area contributed by atoms with Gasteiger partial charge in [0.25, 0.3) is 0 Å². The minimum absolute atomic E-state index is 0.144. The number of benzene rings is 1. The molecule has 0 unspecified atom stereocenters. The van der Waals surface area contributed by atoms with Crippen LogP contribution in [0.2, 0.25) is 10.3 Å². The molecule has 0 atom stereocenters. The molecule has 2 aromatic rings. The molecular weight excluding hydrogens is 331 g/mol. The fourth-order valence-corrected chi connectivity index (χ4v) is 1.98. The Bertz CT molecular complexity index is 585. The molecule has 0 saturated heterocycles. The lowest BCUT2D eigenvalue weighted by molar-refractivity contribution is 0.132. The maximum atomic E-state index is 5.89. The topological polar surface area (TPSA) is 62.7 Å². The molecule has 0 aliphatic carbocycles. The standard InChI is InChI=1S/C14H16Cl2N2O4/c1-19-3-5-21-11-7-9-10(18-14(16)13(15)17-9)8-12(11)22-6-4-20-2/h7-8H,3-6H2,1-2H3. The van der Waals surface area contributed by atoms with Gasteiger partial charge in [-0.25, -0.2) is 9.97 Å². The third-order valence-corrected chi connectivity index (χ3v) is 3.36. The van der Waals surface area contributed by atoms with Gasteiger partial charge in [0, 0.05) is 26.4 Å². The third kappa shape index (κ3) is 4.33. The van der Waals surface area contributed by atoms with Crippen molar-refractivity contribution in [2.45, 2.75) is 0 Å². The Morgan fingerprint density at radius 3 is 1.55 bits per heavy atom. The van der Waals surface area contributed by atoms with Gasteiger partial charge >= 0.3 is 0 Å². The Labute approximate surface area is 138 Å². The fraction of sp³-hybridized carbons (Fsp3) is 0.429. The van der Waals surface area contributed by atoms with Gasteiger partial charge in [0.1, 0.15) is 13.2 Å². The highest BCUT2D eigenvalue weighted by Crippen LogP contribution is 2.33. The molecule has 0 N–H and O–H groups in total. The summed E-state index contributed by atoms with van der Waals surface area (Å²) in [5.74, 6) is 1.07. The molecule has 0 bridgehead atoms.